The summed E-state index contributed by atoms with van der Waals surface area (Å²) in [4.78, 5) is 17.5. The molecule has 202 valence electrons. The fourth-order valence-electron chi connectivity index (χ4n) is 5.19. The highest BCUT2D eigenvalue weighted by molar-refractivity contribution is 5.98. The van der Waals surface area contributed by atoms with Crippen LogP contribution in [0, 0.1) is 24.6 Å². The standard InChI is InChI=1S/C31H32FN3O4/c1-19-12-22(4-6-25(19)30(37)13-20-2-3-20)35-18-34-31-27(33-17-21-8-10-38-11-9-21)15-24(16-28(31)35)39-23-5-7-29(36)26(32)14-23/h4-7,12,14-16,18,20-21,33,36H,2-3,8-11,13,17H2,1H3. The van der Waals surface area contributed by atoms with Crippen LogP contribution in [0.15, 0.2) is 54.9 Å². The Bertz CT molecular complexity index is 1520. The molecule has 1 saturated carbocycles. The lowest BCUT2D eigenvalue weighted by Crippen LogP contribution is -2.22. The number of aryl methyl sites for hydroxylation is 1. The van der Waals surface area contributed by atoms with Gasteiger partial charge in [0.1, 0.15) is 23.3 Å². The van der Waals surface area contributed by atoms with Crippen LogP contribution in [0.2, 0.25) is 0 Å². The summed E-state index contributed by atoms with van der Waals surface area (Å²) in [5, 5.41) is 13.1. The minimum absolute atomic E-state index is 0.202. The van der Waals surface area contributed by atoms with E-state index in [1.54, 1.807) is 6.33 Å². The molecule has 39 heavy (non-hydrogen) atoms. The normalized spacial score (nSPS) is 15.9. The van der Waals surface area contributed by atoms with Gasteiger partial charge >= 0.3 is 0 Å². The summed E-state index contributed by atoms with van der Waals surface area (Å²) in [6.07, 6.45) is 6.69. The van der Waals surface area contributed by atoms with E-state index in [9.17, 15) is 14.3 Å². The Morgan fingerprint density at radius 3 is 2.64 bits per heavy atom. The van der Waals surface area contributed by atoms with Gasteiger partial charge in [0.15, 0.2) is 17.3 Å². The zero-order chi connectivity index (χ0) is 26.9. The quantitative estimate of drug-likeness (QED) is 0.232. The van der Waals surface area contributed by atoms with E-state index in [0.29, 0.717) is 24.0 Å². The number of hydrogen-bond acceptors (Lipinski definition) is 6. The van der Waals surface area contributed by atoms with E-state index in [0.717, 1.165) is 85.0 Å². The van der Waals surface area contributed by atoms with Gasteiger partial charge in [-0.05, 0) is 80.3 Å². The Morgan fingerprint density at radius 1 is 1.08 bits per heavy atom. The molecule has 8 heteroatoms. The number of Topliss-reactive ketones (excluding diaryl/α,β-unsaturated/α-hetero) is 1. The summed E-state index contributed by atoms with van der Waals surface area (Å²) in [6, 6.07) is 13.6. The molecule has 2 aliphatic rings. The zero-order valence-corrected chi connectivity index (χ0v) is 22.0. The van der Waals surface area contributed by atoms with Crippen LogP contribution in [0.5, 0.6) is 17.2 Å². The number of phenolic OH excluding ortho intramolecular Hbond substituents is 1. The van der Waals surface area contributed by atoms with Crippen LogP contribution in [0.4, 0.5) is 10.1 Å². The third-order valence-corrected chi connectivity index (χ3v) is 7.66. The fraction of sp³-hybridized carbons (Fsp3) is 0.355. The molecule has 0 atom stereocenters. The maximum Gasteiger partial charge on any atom is 0.168 e. The molecule has 2 heterocycles. The Kier molecular flexibility index (Phi) is 6.95. The molecule has 6 rings (SSSR count). The van der Waals surface area contributed by atoms with Crippen LogP contribution in [-0.4, -0.2) is 40.2 Å². The van der Waals surface area contributed by atoms with Gasteiger partial charge in [0.25, 0.3) is 0 Å². The summed E-state index contributed by atoms with van der Waals surface area (Å²) < 4.78 is 27.5. The Balaban J connectivity index is 1.35. The summed E-state index contributed by atoms with van der Waals surface area (Å²) in [7, 11) is 0. The molecule has 0 amide bonds. The third kappa shape index (κ3) is 5.61. The molecular formula is C31H32FN3O4. The number of fused-ring (bicyclic) bond motifs is 1. The number of phenols is 1. The van der Waals surface area contributed by atoms with E-state index in [2.05, 4.69) is 5.32 Å². The Morgan fingerprint density at radius 2 is 1.90 bits per heavy atom. The van der Waals surface area contributed by atoms with Crippen LogP contribution in [0.25, 0.3) is 16.7 Å². The molecule has 7 nitrogen and oxygen atoms in total. The first-order chi connectivity index (χ1) is 18.9. The fourth-order valence-corrected chi connectivity index (χ4v) is 5.19. The number of imidazole rings is 1. The van der Waals surface area contributed by atoms with Gasteiger partial charge in [-0.15, -0.1) is 0 Å². The lowest BCUT2D eigenvalue weighted by Gasteiger charge is -2.23. The van der Waals surface area contributed by atoms with E-state index in [1.807, 2.05) is 41.8 Å². The van der Waals surface area contributed by atoms with Crippen LogP contribution >= 0.6 is 0 Å². The molecule has 2 N–H and O–H groups in total. The number of nitrogens with one attached hydrogen (secondary N) is 1. The molecule has 1 aliphatic carbocycles. The largest absolute Gasteiger partial charge is 0.505 e. The van der Waals surface area contributed by atoms with Crippen molar-refractivity contribution < 1.29 is 23.8 Å². The average molecular weight is 530 g/mol. The Labute approximate surface area is 226 Å². The van der Waals surface area contributed by atoms with Crippen molar-refractivity contribution in [3.63, 3.8) is 0 Å². The van der Waals surface area contributed by atoms with Gasteiger partial charge in [0.05, 0.1) is 11.2 Å². The maximum atomic E-state index is 14.0. The van der Waals surface area contributed by atoms with Crippen LogP contribution in [0.1, 0.15) is 48.0 Å². The first-order valence-corrected chi connectivity index (χ1v) is 13.6. The van der Waals surface area contributed by atoms with Crippen molar-refractivity contribution in [2.75, 3.05) is 25.1 Å². The minimum atomic E-state index is -0.747. The predicted molar refractivity (Wildman–Crippen MR) is 148 cm³/mol. The van der Waals surface area contributed by atoms with E-state index >= 15 is 0 Å². The average Bonchev–Trinajstić information content (AvgIpc) is 3.65. The molecule has 0 bridgehead atoms. The number of anilines is 1. The number of aromatic hydroxyl groups is 1. The first kappa shape index (κ1) is 25.4. The molecule has 0 radical (unpaired) electrons. The van der Waals surface area contributed by atoms with Gasteiger partial charge in [-0.1, -0.05) is 0 Å². The number of carbonyl (C=O) groups excluding carboxylic acids is 1. The van der Waals surface area contributed by atoms with Crippen LogP contribution < -0.4 is 10.1 Å². The van der Waals surface area contributed by atoms with Gasteiger partial charge in [0.2, 0.25) is 0 Å². The molecule has 3 aromatic carbocycles. The lowest BCUT2D eigenvalue weighted by atomic mass is 10.00. The SMILES string of the molecule is Cc1cc(-n2cnc3c(NCC4CCOCC4)cc(Oc4ccc(O)c(F)c4)cc32)ccc1C(=O)CC1CC1. The van der Waals surface area contributed by atoms with Crippen molar-refractivity contribution in [1.82, 2.24) is 9.55 Å². The van der Waals surface area contributed by atoms with Crippen molar-refractivity contribution >= 4 is 22.5 Å². The number of aromatic nitrogens is 2. The molecular weight excluding hydrogens is 497 g/mol. The van der Waals surface area contributed by atoms with Crippen LogP contribution in [-0.2, 0) is 4.74 Å². The lowest BCUT2D eigenvalue weighted by molar-refractivity contribution is 0.0699. The van der Waals surface area contributed by atoms with Crippen molar-refractivity contribution in [3.8, 4) is 22.9 Å². The smallest absolute Gasteiger partial charge is 0.168 e. The second-order valence-electron chi connectivity index (χ2n) is 10.7. The summed E-state index contributed by atoms with van der Waals surface area (Å²) in [6.45, 7) is 4.28. The van der Waals surface area contributed by atoms with Gasteiger partial charge in [0, 0.05) is 55.6 Å². The van der Waals surface area contributed by atoms with Gasteiger partial charge < -0.3 is 19.9 Å². The first-order valence-electron chi connectivity index (χ1n) is 13.6. The number of ketones is 1. The molecule has 1 aliphatic heterocycles. The summed E-state index contributed by atoms with van der Waals surface area (Å²) in [5.74, 6) is 0.856. The summed E-state index contributed by atoms with van der Waals surface area (Å²) >= 11 is 0. The van der Waals surface area contributed by atoms with Gasteiger partial charge in [-0.2, -0.15) is 0 Å². The van der Waals surface area contributed by atoms with Crippen LogP contribution in [0.3, 0.4) is 0 Å². The van der Waals surface area contributed by atoms with Crippen molar-refractivity contribution in [1.29, 1.82) is 0 Å². The van der Waals surface area contributed by atoms with E-state index in [1.165, 1.54) is 12.1 Å². The number of hydrogen-bond donors (Lipinski definition) is 2. The van der Waals surface area contributed by atoms with Crippen molar-refractivity contribution in [2.24, 2.45) is 11.8 Å². The molecule has 0 unspecified atom stereocenters. The molecule has 4 aromatic rings. The van der Waals surface area contributed by atoms with E-state index < -0.39 is 11.6 Å². The van der Waals surface area contributed by atoms with E-state index in [4.69, 9.17) is 14.5 Å². The maximum absolute atomic E-state index is 14.0. The highest BCUT2D eigenvalue weighted by Crippen LogP contribution is 2.36. The van der Waals surface area contributed by atoms with E-state index in [-0.39, 0.29) is 11.5 Å². The topological polar surface area (TPSA) is 85.6 Å². The summed E-state index contributed by atoms with van der Waals surface area (Å²) in [5.41, 5.74) is 5.02. The number of halogens is 1. The predicted octanol–water partition coefficient (Wildman–Crippen LogP) is 6.79. The van der Waals surface area contributed by atoms with Gasteiger partial charge in [-0.3, -0.25) is 9.36 Å². The molecule has 1 aromatic heterocycles. The third-order valence-electron chi connectivity index (χ3n) is 7.66. The number of benzene rings is 3. The number of ether oxygens (including phenoxy) is 2. The van der Waals surface area contributed by atoms with Crippen molar-refractivity contribution in [3.05, 3.63) is 71.8 Å². The Hall–Kier alpha value is -3.91. The second kappa shape index (κ2) is 10.7. The number of nitrogens with zero attached hydrogens (tertiary/aromatic N) is 2. The second-order valence-corrected chi connectivity index (χ2v) is 10.7. The monoisotopic (exact) mass is 529 g/mol. The highest BCUT2D eigenvalue weighted by Gasteiger charge is 2.25. The number of rotatable bonds is 9. The minimum Gasteiger partial charge on any atom is -0.505 e. The molecule has 1 saturated heterocycles. The molecule has 2 fully saturated rings. The highest BCUT2D eigenvalue weighted by atomic mass is 19.1. The number of carbonyl (C=O) groups is 1. The van der Waals surface area contributed by atoms with Gasteiger partial charge in [-0.25, -0.2) is 9.37 Å². The zero-order valence-electron chi connectivity index (χ0n) is 22.0. The van der Waals surface area contributed by atoms with Crippen molar-refractivity contribution in [2.45, 2.75) is 39.0 Å². The molecule has 0 spiro atoms.